The average molecular weight is 369 g/mol. The highest BCUT2D eigenvalue weighted by Gasteiger charge is 2.32. The Morgan fingerprint density at radius 1 is 0.667 bits per heavy atom. The zero-order chi connectivity index (χ0) is 20.6. The van der Waals surface area contributed by atoms with Gasteiger partial charge in [-0.3, -0.25) is 0 Å². The smallest absolute Gasteiger partial charge is 0.119 e. The van der Waals surface area contributed by atoms with Crippen LogP contribution in [0.3, 0.4) is 0 Å². The summed E-state index contributed by atoms with van der Waals surface area (Å²) in [5.74, 6) is 0.706. The van der Waals surface area contributed by atoms with Crippen LogP contribution in [0.15, 0.2) is 36.4 Å². The van der Waals surface area contributed by atoms with E-state index in [2.05, 4.69) is 67.5 Å². The van der Waals surface area contributed by atoms with E-state index in [0.29, 0.717) is 11.5 Å². The maximum atomic E-state index is 10.4. The lowest BCUT2D eigenvalue weighted by Gasteiger charge is -2.34. The number of aromatic hydroxyl groups is 2. The maximum absolute atomic E-state index is 10.4. The van der Waals surface area contributed by atoms with E-state index in [1.807, 2.05) is 24.3 Å². The Morgan fingerprint density at radius 2 is 1.04 bits per heavy atom. The molecule has 2 N–H and O–H groups in total. The minimum absolute atomic E-state index is 0.126. The SMILES string of the molecule is CCCC(C)(c1ccc(O)c(C(C)(C)C)c1)c1ccc(O)c(C(C)(C)C)c1. The normalized spacial score (nSPS) is 13.0. The van der Waals surface area contributed by atoms with Crippen molar-refractivity contribution >= 4 is 0 Å². The minimum atomic E-state index is -0.184. The van der Waals surface area contributed by atoms with E-state index in [1.165, 1.54) is 11.1 Å². The minimum Gasteiger partial charge on any atom is -0.508 e. The molecule has 0 aliphatic carbocycles. The average Bonchev–Trinajstić information content (AvgIpc) is 2.53. The molecule has 2 heteroatoms. The third-order valence-corrected chi connectivity index (χ3v) is 5.63. The Morgan fingerprint density at radius 3 is 1.33 bits per heavy atom. The Labute approximate surface area is 165 Å². The Balaban J connectivity index is 2.70. The van der Waals surface area contributed by atoms with Crippen LogP contribution in [0, 0.1) is 0 Å². The number of rotatable bonds is 4. The summed E-state index contributed by atoms with van der Waals surface area (Å²) in [5, 5.41) is 20.8. The second kappa shape index (κ2) is 7.22. The number of phenolic OH excluding ortho intramolecular Hbond substituents is 2. The van der Waals surface area contributed by atoms with Gasteiger partial charge in [-0.2, -0.15) is 0 Å². The molecule has 0 fully saturated rings. The van der Waals surface area contributed by atoms with Gasteiger partial charge in [-0.05, 0) is 51.6 Å². The fourth-order valence-electron chi connectivity index (χ4n) is 3.92. The molecule has 0 saturated carbocycles. The van der Waals surface area contributed by atoms with Crippen LogP contribution in [-0.2, 0) is 16.2 Å². The third-order valence-electron chi connectivity index (χ3n) is 5.63. The van der Waals surface area contributed by atoms with E-state index in [4.69, 9.17) is 0 Å². The van der Waals surface area contributed by atoms with Gasteiger partial charge in [-0.25, -0.2) is 0 Å². The molecule has 148 valence electrons. The van der Waals surface area contributed by atoms with Crippen LogP contribution in [-0.4, -0.2) is 10.2 Å². The zero-order valence-corrected chi connectivity index (χ0v) is 18.3. The Kier molecular flexibility index (Phi) is 5.71. The highest BCUT2D eigenvalue weighted by molar-refractivity contribution is 5.50. The molecule has 0 bridgehead atoms. The molecule has 27 heavy (non-hydrogen) atoms. The maximum Gasteiger partial charge on any atom is 0.119 e. The lowest BCUT2D eigenvalue weighted by molar-refractivity contribution is 0.440. The molecule has 0 radical (unpaired) electrons. The monoisotopic (exact) mass is 368 g/mol. The molecule has 2 nitrogen and oxygen atoms in total. The lowest BCUT2D eigenvalue weighted by atomic mass is 9.70. The third kappa shape index (κ3) is 4.31. The molecule has 0 atom stereocenters. The topological polar surface area (TPSA) is 40.5 Å². The van der Waals surface area contributed by atoms with Gasteiger partial charge in [-0.15, -0.1) is 0 Å². The van der Waals surface area contributed by atoms with E-state index in [9.17, 15) is 10.2 Å². The van der Waals surface area contributed by atoms with Crippen LogP contribution < -0.4 is 0 Å². The van der Waals surface area contributed by atoms with Crippen molar-refractivity contribution in [2.24, 2.45) is 0 Å². The van der Waals surface area contributed by atoms with Crippen molar-refractivity contribution in [3.05, 3.63) is 58.7 Å². The molecule has 0 aromatic heterocycles. The summed E-state index contributed by atoms with van der Waals surface area (Å²) < 4.78 is 0. The summed E-state index contributed by atoms with van der Waals surface area (Å²) in [6.07, 6.45) is 2.05. The highest BCUT2D eigenvalue weighted by atomic mass is 16.3. The molecule has 0 spiro atoms. The van der Waals surface area contributed by atoms with Gasteiger partial charge in [0.05, 0.1) is 0 Å². The zero-order valence-electron chi connectivity index (χ0n) is 18.3. The highest BCUT2D eigenvalue weighted by Crippen LogP contribution is 2.43. The summed E-state index contributed by atoms with van der Waals surface area (Å²) in [4.78, 5) is 0. The van der Waals surface area contributed by atoms with Crippen LogP contribution in [0.4, 0.5) is 0 Å². The van der Waals surface area contributed by atoms with E-state index >= 15 is 0 Å². The molecule has 2 aromatic carbocycles. The second-order valence-corrected chi connectivity index (χ2v) is 10.0. The summed E-state index contributed by atoms with van der Waals surface area (Å²) in [7, 11) is 0. The van der Waals surface area contributed by atoms with Gasteiger partial charge in [0.15, 0.2) is 0 Å². The molecular weight excluding hydrogens is 332 g/mol. The van der Waals surface area contributed by atoms with Gasteiger partial charge < -0.3 is 10.2 Å². The fraction of sp³-hybridized carbons (Fsp3) is 0.520. The van der Waals surface area contributed by atoms with Crippen LogP contribution in [0.2, 0.25) is 0 Å². The largest absolute Gasteiger partial charge is 0.508 e. The second-order valence-electron chi connectivity index (χ2n) is 10.0. The van der Waals surface area contributed by atoms with Crippen LogP contribution in [0.25, 0.3) is 0 Å². The van der Waals surface area contributed by atoms with Crippen molar-refractivity contribution in [2.75, 3.05) is 0 Å². The van der Waals surface area contributed by atoms with Crippen molar-refractivity contribution in [3.63, 3.8) is 0 Å². The number of phenols is 2. The van der Waals surface area contributed by atoms with Crippen LogP contribution in [0.5, 0.6) is 11.5 Å². The van der Waals surface area contributed by atoms with E-state index in [0.717, 1.165) is 24.0 Å². The van der Waals surface area contributed by atoms with Gasteiger partial charge in [0, 0.05) is 5.41 Å². The molecule has 2 rings (SSSR count). The van der Waals surface area contributed by atoms with Gasteiger partial charge in [0.1, 0.15) is 11.5 Å². The first-order valence-electron chi connectivity index (χ1n) is 9.98. The first-order chi connectivity index (χ1) is 12.3. The first kappa shape index (κ1) is 21.3. The number of hydrogen-bond donors (Lipinski definition) is 2. The molecule has 0 heterocycles. The van der Waals surface area contributed by atoms with Crippen molar-refractivity contribution in [3.8, 4) is 11.5 Å². The number of benzene rings is 2. The molecule has 0 aliphatic heterocycles. The van der Waals surface area contributed by atoms with Crippen molar-refractivity contribution < 1.29 is 10.2 Å². The fourth-order valence-corrected chi connectivity index (χ4v) is 3.92. The summed E-state index contributed by atoms with van der Waals surface area (Å²) >= 11 is 0. The molecule has 0 unspecified atom stereocenters. The number of hydrogen-bond acceptors (Lipinski definition) is 2. The molecule has 2 aromatic rings. The van der Waals surface area contributed by atoms with Crippen molar-refractivity contribution in [2.45, 2.75) is 84.5 Å². The summed E-state index contributed by atoms with van der Waals surface area (Å²) in [6, 6.07) is 12.1. The van der Waals surface area contributed by atoms with E-state index < -0.39 is 0 Å². The Bertz CT molecular complexity index is 741. The molecular formula is C25H36O2. The van der Waals surface area contributed by atoms with Crippen LogP contribution >= 0.6 is 0 Å². The van der Waals surface area contributed by atoms with Crippen LogP contribution in [0.1, 0.15) is 90.5 Å². The molecule has 0 aliphatic rings. The van der Waals surface area contributed by atoms with Crippen molar-refractivity contribution in [1.82, 2.24) is 0 Å². The van der Waals surface area contributed by atoms with E-state index in [-0.39, 0.29) is 16.2 Å². The van der Waals surface area contributed by atoms with E-state index in [1.54, 1.807) is 0 Å². The van der Waals surface area contributed by atoms with Gasteiger partial charge >= 0.3 is 0 Å². The van der Waals surface area contributed by atoms with Crippen molar-refractivity contribution in [1.29, 1.82) is 0 Å². The molecule has 0 amide bonds. The first-order valence-corrected chi connectivity index (χ1v) is 9.98. The predicted octanol–water partition coefficient (Wildman–Crippen LogP) is 6.80. The quantitative estimate of drug-likeness (QED) is 0.623. The Hall–Kier alpha value is -1.96. The summed E-state index contributed by atoms with van der Waals surface area (Å²) in [5.41, 5.74) is 3.91. The lowest BCUT2D eigenvalue weighted by Crippen LogP contribution is -2.25. The predicted molar refractivity (Wildman–Crippen MR) is 115 cm³/mol. The van der Waals surface area contributed by atoms with Gasteiger partial charge in [-0.1, -0.05) is 86.1 Å². The summed E-state index contributed by atoms with van der Waals surface area (Å²) in [6.45, 7) is 17.2. The molecule has 0 saturated heterocycles. The van der Waals surface area contributed by atoms with Gasteiger partial charge in [0.25, 0.3) is 0 Å². The van der Waals surface area contributed by atoms with Gasteiger partial charge in [0.2, 0.25) is 0 Å². The standard InChI is InChI=1S/C25H36O2/c1-9-14-25(8,17-10-12-21(26)19(15-17)23(2,3)4)18-11-13-22(27)20(16-18)24(5,6)7/h10-13,15-16,26-27H,9,14H2,1-8H3.